The number of benzene rings is 1. The van der Waals surface area contributed by atoms with Crippen LogP contribution in [0.3, 0.4) is 0 Å². The quantitative estimate of drug-likeness (QED) is 0.773. The van der Waals surface area contributed by atoms with E-state index in [4.69, 9.17) is 4.37 Å². The molecule has 6 nitrogen and oxygen atoms in total. The van der Waals surface area contributed by atoms with E-state index in [-0.39, 0.29) is 0 Å². The lowest BCUT2D eigenvalue weighted by molar-refractivity contribution is -0.139. The number of rotatable bonds is 5. The van der Waals surface area contributed by atoms with Gasteiger partial charge < -0.3 is 9.80 Å². The predicted octanol–water partition coefficient (Wildman–Crippen LogP) is 2.46. The number of nitrogens with zero attached hydrogens (tertiary/aromatic N) is 5. The van der Waals surface area contributed by atoms with Crippen molar-refractivity contribution in [1.82, 2.24) is 19.1 Å². The van der Waals surface area contributed by atoms with Crippen LogP contribution in [0.5, 0.6) is 0 Å². The van der Waals surface area contributed by atoms with Gasteiger partial charge in [0.15, 0.2) is 0 Å². The molecule has 150 valence electrons. The van der Waals surface area contributed by atoms with E-state index >= 15 is 0 Å². The summed E-state index contributed by atoms with van der Waals surface area (Å²) in [4.78, 5) is 21.9. The third-order valence-electron chi connectivity index (χ3n) is 6.55. The van der Waals surface area contributed by atoms with Crippen LogP contribution in [0.2, 0.25) is 0 Å². The van der Waals surface area contributed by atoms with Crippen LogP contribution >= 0.6 is 11.5 Å². The maximum Gasteiger partial charge on any atom is 0.225 e. The first-order chi connectivity index (χ1) is 13.8. The van der Waals surface area contributed by atoms with Crippen molar-refractivity contribution in [2.75, 3.05) is 57.4 Å². The summed E-state index contributed by atoms with van der Waals surface area (Å²) >= 11 is 1.60. The number of hydrogen-bond acceptors (Lipinski definition) is 6. The Balaban J connectivity index is 1.09. The molecule has 3 aliphatic rings. The number of amides is 1. The molecule has 0 bridgehead atoms. The van der Waals surface area contributed by atoms with E-state index in [1.807, 2.05) is 0 Å². The van der Waals surface area contributed by atoms with E-state index in [1.165, 1.54) is 29.5 Å². The van der Waals surface area contributed by atoms with Crippen LogP contribution in [0.1, 0.15) is 25.7 Å². The molecule has 28 heavy (non-hydrogen) atoms. The van der Waals surface area contributed by atoms with Crippen molar-refractivity contribution in [3.05, 3.63) is 24.3 Å². The molecule has 1 amide bonds. The van der Waals surface area contributed by atoms with E-state index in [0.29, 0.717) is 11.9 Å². The van der Waals surface area contributed by atoms with Crippen molar-refractivity contribution >= 4 is 33.3 Å². The van der Waals surface area contributed by atoms with Crippen LogP contribution in [0.15, 0.2) is 24.3 Å². The van der Waals surface area contributed by atoms with Crippen LogP contribution < -0.4 is 4.90 Å². The summed E-state index contributed by atoms with van der Waals surface area (Å²) in [5, 5.41) is 1.28. The molecule has 3 aliphatic heterocycles. The first-order valence-corrected chi connectivity index (χ1v) is 11.4. The Morgan fingerprint density at radius 1 is 1.07 bits per heavy atom. The minimum atomic E-state index is 0.364. The zero-order valence-electron chi connectivity index (χ0n) is 16.4. The lowest BCUT2D eigenvalue weighted by atomic mass is 10.1. The van der Waals surface area contributed by atoms with Gasteiger partial charge in [0.2, 0.25) is 5.91 Å². The molecule has 0 aliphatic carbocycles. The average molecular weight is 400 g/mol. The minimum Gasteiger partial charge on any atom is -0.353 e. The summed E-state index contributed by atoms with van der Waals surface area (Å²) in [5.41, 5.74) is 0. The van der Waals surface area contributed by atoms with Gasteiger partial charge in [-0.05, 0) is 49.5 Å². The molecule has 5 rings (SSSR count). The lowest BCUT2D eigenvalue weighted by Crippen LogP contribution is -2.51. The second kappa shape index (κ2) is 7.97. The van der Waals surface area contributed by atoms with Crippen molar-refractivity contribution in [3.8, 4) is 0 Å². The van der Waals surface area contributed by atoms with E-state index in [1.54, 1.807) is 11.5 Å². The van der Waals surface area contributed by atoms with E-state index in [0.717, 1.165) is 64.6 Å². The molecule has 1 aromatic heterocycles. The van der Waals surface area contributed by atoms with Gasteiger partial charge in [0.1, 0.15) is 5.82 Å². The largest absolute Gasteiger partial charge is 0.353 e. The molecule has 1 aromatic carbocycles. The predicted molar refractivity (Wildman–Crippen MR) is 114 cm³/mol. The summed E-state index contributed by atoms with van der Waals surface area (Å²) in [7, 11) is 0. The molecule has 0 saturated carbocycles. The molecule has 7 heteroatoms. The summed E-state index contributed by atoms with van der Waals surface area (Å²) in [5.74, 6) is 1.52. The van der Waals surface area contributed by atoms with Gasteiger partial charge >= 0.3 is 0 Å². The van der Waals surface area contributed by atoms with Gasteiger partial charge in [-0.15, -0.1) is 0 Å². The van der Waals surface area contributed by atoms with Crippen molar-refractivity contribution < 1.29 is 4.79 Å². The van der Waals surface area contributed by atoms with E-state index in [2.05, 4.69) is 43.9 Å². The standard InChI is InChI=1S/C21H29N5OS/c27-20-15-17-5-3-9-25(17)16-26(20)10-4-8-23-11-13-24(14-12-23)21-18-6-1-2-7-19(18)28-22-21/h1-2,6-7,17H,3-5,8-16H2/t17-/m0/s1. The van der Waals surface area contributed by atoms with Gasteiger partial charge in [0.25, 0.3) is 0 Å². The molecular formula is C21H29N5OS. The maximum absolute atomic E-state index is 12.4. The Kier molecular flexibility index (Phi) is 5.22. The van der Waals surface area contributed by atoms with Crippen molar-refractivity contribution in [2.24, 2.45) is 0 Å². The molecule has 0 spiro atoms. The first-order valence-electron chi connectivity index (χ1n) is 10.6. The van der Waals surface area contributed by atoms with Crippen LogP contribution in [-0.2, 0) is 4.79 Å². The maximum atomic E-state index is 12.4. The summed E-state index contributed by atoms with van der Waals surface area (Å²) in [6, 6.07) is 9.04. The highest BCUT2D eigenvalue weighted by Gasteiger charge is 2.34. The monoisotopic (exact) mass is 399 g/mol. The highest BCUT2D eigenvalue weighted by Crippen LogP contribution is 2.30. The third-order valence-corrected chi connectivity index (χ3v) is 7.36. The van der Waals surface area contributed by atoms with Gasteiger partial charge in [-0.2, -0.15) is 4.37 Å². The van der Waals surface area contributed by atoms with E-state index < -0.39 is 0 Å². The summed E-state index contributed by atoms with van der Waals surface area (Å²) in [6.07, 6.45) is 4.27. The minimum absolute atomic E-state index is 0.364. The Morgan fingerprint density at radius 2 is 1.93 bits per heavy atom. The number of fused-ring (bicyclic) bond motifs is 2. The zero-order chi connectivity index (χ0) is 18.9. The van der Waals surface area contributed by atoms with Crippen LogP contribution in [0, 0.1) is 0 Å². The summed E-state index contributed by atoms with van der Waals surface area (Å²) < 4.78 is 5.97. The number of carbonyl (C=O) groups is 1. The number of aromatic nitrogens is 1. The van der Waals surface area contributed by atoms with Crippen LogP contribution in [0.25, 0.3) is 10.1 Å². The number of anilines is 1. The van der Waals surface area contributed by atoms with Gasteiger partial charge in [-0.3, -0.25) is 14.6 Å². The van der Waals surface area contributed by atoms with Crippen molar-refractivity contribution in [3.63, 3.8) is 0 Å². The van der Waals surface area contributed by atoms with E-state index in [9.17, 15) is 4.79 Å². The lowest BCUT2D eigenvalue weighted by Gasteiger charge is -2.38. The smallest absolute Gasteiger partial charge is 0.225 e. The van der Waals surface area contributed by atoms with Gasteiger partial charge in [0, 0.05) is 57.1 Å². The molecule has 0 N–H and O–H groups in total. The second-order valence-corrected chi connectivity index (χ2v) is 9.10. The first kappa shape index (κ1) is 18.3. The normalized spacial score (nSPS) is 24.3. The summed E-state index contributed by atoms with van der Waals surface area (Å²) in [6.45, 7) is 8.23. The van der Waals surface area contributed by atoms with Gasteiger partial charge in [0.05, 0.1) is 11.4 Å². The molecule has 4 heterocycles. The molecule has 1 atom stereocenters. The molecule has 3 fully saturated rings. The fourth-order valence-corrected chi connectivity index (χ4v) is 5.70. The van der Waals surface area contributed by atoms with Crippen LogP contribution in [-0.4, -0.2) is 83.5 Å². The van der Waals surface area contributed by atoms with Crippen molar-refractivity contribution in [2.45, 2.75) is 31.7 Å². The Bertz CT molecular complexity index is 831. The highest BCUT2D eigenvalue weighted by molar-refractivity contribution is 7.13. The molecule has 0 radical (unpaired) electrons. The van der Waals surface area contributed by atoms with Crippen LogP contribution in [0.4, 0.5) is 5.82 Å². The molecule has 0 unspecified atom stereocenters. The Labute approximate surface area is 170 Å². The molecular weight excluding hydrogens is 370 g/mol. The van der Waals surface area contributed by atoms with Gasteiger partial charge in [-0.25, -0.2) is 0 Å². The number of carbonyl (C=O) groups excluding carboxylic acids is 1. The average Bonchev–Trinajstić information content (AvgIpc) is 3.35. The Morgan fingerprint density at radius 3 is 2.82 bits per heavy atom. The number of piperazine rings is 1. The van der Waals surface area contributed by atoms with Gasteiger partial charge in [-0.1, -0.05) is 12.1 Å². The second-order valence-electron chi connectivity index (χ2n) is 8.30. The fourth-order valence-electron chi connectivity index (χ4n) is 4.91. The molecule has 2 aromatic rings. The highest BCUT2D eigenvalue weighted by atomic mass is 32.1. The topological polar surface area (TPSA) is 42.9 Å². The Hall–Kier alpha value is -1.70. The fraction of sp³-hybridized carbons (Fsp3) is 0.619. The zero-order valence-corrected chi connectivity index (χ0v) is 17.2. The molecule has 3 saturated heterocycles. The SMILES string of the molecule is O=C1C[C@@H]2CCCN2CN1CCCN1CCN(c2nsc3ccccc23)CC1. The van der Waals surface area contributed by atoms with Crippen molar-refractivity contribution in [1.29, 1.82) is 0 Å². The third kappa shape index (κ3) is 3.63. The number of hydrogen-bond donors (Lipinski definition) is 0.